The minimum Gasteiger partial charge on any atom is -0.486 e. The summed E-state index contributed by atoms with van der Waals surface area (Å²) < 4.78 is 5.81. The van der Waals surface area contributed by atoms with E-state index in [0.29, 0.717) is 6.42 Å². The summed E-state index contributed by atoms with van der Waals surface area (Å²) in [6, 6.07) is 4.14. The van der Waals surface area contributed by atoms with E-state index in [1.165, 1.54) is 5.56 Å². The molecule has 1 N–H and O–H groups in total. The summed E-state index contributed by atoms with van der Waals surface area (Å²) in [6.45, 7) is 5.90. The first kappa shape index (κ1) is 11.0. The highest BCUT2D eigenvalue weighted by Crippen LogP contribution is 2.39. The standard InChI is InChI=1S/C13H16O3/c1-8-4-9(2)12-10(5-8)6-13(3,16-12)7-11(14)15/h4-5H,6-7H2,1-3H3,(H,14,15). The van der Waals surface area contributed by atoms with Crippen LogP contribution in [-0.2, 0) is 11.2 Å². The third-order valence-corrected chi connectivity index (χ3v) is 2.93. The Morgan fingerprint density at radius 1 is 1.50 bits per heavy atom. The van der Waals surface area contributed by atoms with Gasteiger partial charge in [-0.2, -0.15) is 0 Å². The summed E-state index contributed by atoms with van der Waals surface area (Å²) in [4.78, 5) is 10.8. The molecule has 0 saturated heterocycles. The van der Waals surface area contributed by atoms with E-state index in [4.69, 9.17) is 9.84 Å². The Balaban J connectivity index is 2.33. The summed E-state index contributed by atoms with van der Waals surface area (Å²) in [6.07, 6.45) is 0.720. The molecule has 1 aliphatic rings. The van der Waals surface area contributed by atoms with Gasteiger partial charge in [0.25, 0.3) is 0 Å². The van der Waals surface area contributed by atoms with Crippen molar-refractivity contribution >= 4 is 5.97 Å². The Morgan fingerprint density at radius 2 is 2.19 bits per heavy atom. The van der Waals surface area contributed by atoms with E-state index < -0.39 is 11.6 Å². The molecule has 2 rings (SSSR count). The summed E-state index contributed by atoms with van der Waals surface area (Å²) >= 11 is 0. The number of ether oxygens (including phenoxy) is 1. The lowest BCUT2D eigenvalue weighted by atomic mass is 9.94. The van der Waals surface area contributed by atoms with Gasteiger partial charge in [0.1, 0.15) is 11.4 Å². The average Bonchev–Trinajstić information content (AvgIpc) is 2.39. The van der Waals surface area contributed by atoms with Crippen LogP contribution in [0.1, 0.15) is 30.0 Å². The van der Waals surface area contributed by atoms with Gasteiger partial charge in [-0.05, 0) is 31.9 Å². The van der Waals surface area contributed by atoms with E-state index >= 15 is 0 Å². The van der Waals surface area contributed by atoms with Gasteiger partial charge in [-0.15, -0.1) is 0 Å². The number of aliphatic carboxylic acids is 1. The lowest BCUT2D eigenvalue weighted by Crippen LogP contribution is -2.33. The molecule has 1 heterocycles. The van der Waals surface area contributed by atoms with Gasteiger partial charge in [-0.25, -0.2) is 0 Å². The van der Waals surface area contributed by atoms with Crippen LogP contribution < -0.4 is 4.74 Å². The number of carboxylic acids is 1. The second kappa shape index (κ2) is 3.51. The van der Waals surface area contributed by atoms with Gasteiger partial charge in [0, 0.05) is 6.42 Å². The van der Waals surface area contributed by atoms with Crippen molar-refractivity contribution in [2.75, 3.05) is 0 Å². The molecule has 3 nitrogen and oxygen atoms in total. The molecular formula is C13H16O3. The van der Waals surface area contributed by atoms with Crippen molar-refractivity contribution in [1.29, 1.82) is 0 Å². The first-order chi connectivity index (χ1) is 7.39. The molecule has 0 amide bonds. The maximum absolute atomic E-state index is 10.8. The lowest BCUT2D eigenvalue weighted by molar-refractivity contribution is -0.140. The first-order valence-corrected chi connectivity index (χ1v) is 5.40. The summed E-state index contributed by atoms with van der Waals surface area (Å²) in [5, 5.41) is 8.86. The quantitative estimate of drug-likeness (QED) is 0.832. The van der Waals surface area contributed by atoms with Crippen LogP contribution in [0.2, 0.25) is 0 Å². The van der Waals surface area contributed by atoms with Crippen molar-refractivity contribution in [2.24, 2.45) is 0 Å². The van der Waals surface area contributed by atoms with E-state index in [1.54, 1.807) is 0 Å². The number of fused-ring (bicyclic) bond motifs is 1. The van der Waals surface area contributed by atoms with E-state index in [1.807, 2.05) is 20.8 Å². The van der Waals surface area contributed by atoms with Crippen LogP contribution in [0.4, 0.5) is 0 Å². The molecule has 1 unspecified atom stereocenters. The molecule has 1 aliphatic heterocycles. The van der Waals surface area contributed by atoms with E-state index in [0.717, 1.165) is 16.9 Å². The van der Waals surface area contributed by atoms with E-state index in [-0.39, 0.29) is 6.42 Å². The van der Waals surface area contributed by atoms with Crippen LogP contribution in [0, 0.1) is 13.8 Å². The Labute approximate surface area is 95.0 Å². The van der Waals surface area contributed by atoms with Crippen molar-refractivity contribution in [3.8, 4) is 5.75 Å². The van der Waals surface area contributed by atoms with Crippen molar-refractivity contribution < 1.29 is 14.6 Å². The maximum Gasteiger partial charge on any atom is 0.307 e. The zero-order valence-corrected chi connectivity index (χ0v) is 9.83. The fraction of sp³-hybridized carbons (Fsp3) is 0.462. The third-order valence-electron chi connectivity index (χ3n) is 2.93. The Bertz CT molecular complexity index is 451. The molecular weight excluding hydrogens is 204 g/mol. The Morgan fingerprint density at radius 3 is 2.81 bits per heavy atom. The van der Waals surface area contributed by atoms with Gasteiger partial charge in [-0.1, -0.05) is 17.7 Å². The minimum absolute atomic E-state index is 0.0418. The molecule has 16 heavy (non-hydrogen) atoms. The number of benzene rings is 1. The summed E-state index contributed by atoms with van der Waals surface area (Å²) in [5.41, 5.74) is 2.82. The SMILES string of the molecule is Cc1cc(C)c2c(c1)CC(C)(CC(=O)O)O2. The van der Waals surface area contributed by atoms with Crippen LogP contribution >= 0.6 is 0 Å². The zero-order valence-electron chi connectivity index (χ0n) is 9.83. The van der Waals surface area contributed by atoms with E-state index in [2.05, 4.69) is 12.1 Å². The number of carboxylic acid groups (broad SMARTS) is 1. The second-order valence-electron chi connectivity index (χ2n) is 4.87. The molecule has 86 valence electrons. The van der Waals surface area contributed by atoms with Gasteiger partial charge in [0.05, 0.1) is 6.42 Å². The number of aryl methyl sites for hydroxylation is 2. The van der Waals surface area contributed by atoms with Crippen molar-refractivity contribution in [2.45, 2.75) is 39.2 Å². The van der Waals surface area contributed by atoms with Crippen molar-refractivity contribution in [3.05, 3.63) is 28.8 Å². The summed E-state index contributed by atoms with van der Waals surface area (Å²) in [7, 11) is 0. The fourth-order valence-corrected chi connectivity index (χ4v) is 2.42. The number of carbonyl (C=O) groups is 1. The molecule has 1 atom stereocenters. The van der Waals surface area contributed by atoms with Crippen molar-refractivity contribution in [3.63, 3.8) is 0 Å². The summed E-state index contributed by atoms with van der Waals surface area (Å²) in [5.74, 6) is 0.0547. The number of hydrogen-bond acceptors (Lipinski definition) is 2. The van der Waals surface area contributed by atoms with Crippen LogP contribution in [0.3, 0.4) is 0 Å². The predicted molar refractivity (Wildman–Crippen MR) is 60.9 cm³/mol. The molecule has 1 aromatic carbocycles. The number of rotatable bonds is 2. The molecule has 0 aromatic heterocycles. The van der Waals surface area contributed by atoms with E-state index in [9.17, 15) is 4.79 Å². The normalized spacial score (nSPS) is 22.7. The van der Waals surface area contributed by atoms with Crippen LogP contribution in [0.15, 0.2) is 12.1 Å². The molecule has 0 spiro atoms. The monoisotopic (exact) mass is 220 g/mol. The zero-order chi connectivity index (χ0) is 11.9. The molecule has 1 aromatic rings. The largest absolute Gasteiger partial charge is 0.486 e. The van der Waals surface area contributed by atoms with Crippen molar-refractivity contribution in [1.82, 2.24) is 0 Å². The number of hydrogen-bond donors (Lipinski definition) is 1. The first-order valence-electron chi connectivity index (χ1n) is 5.40. The average molecular weight is 220 g/mol. The lowest BCUT2D eigenvalue weighted by Gasteiger charge is -2.21. The molecule has 0 saturated carbocycles. The van der Waals surface area contributed by atoms with Crippen LogP contribution in [-0.4, -0.2) is 16.7 Å². The maximum atomic E-state index is 10.8. The van der Waals surface area contributed by atoms with Gasteiger partial charge >= 0.3 is 5.97 Å². The second-order valence-corrected chi connectivity index (χ2v) is 4.87. The smallest absolute Gasteiger partial charge is 0.307 e. The molecule has 0 radical (unpaired) electrons. The molecule has 0 bridgehead atoms. The van der Waals surface area contributed by atoms with Crippen LogP contribution in [0.25, 0.3) is 0 Å². The Kier molecular flexibility index (Phi) is 2.41. The fourth-order valence-electron chi connectivity index (χ4n) is 2.42. The van der Waals surface area contributed by atoms with Gasteiger partial charge in [0.2, 0.25) is 0 Å². The molecule has 0 aliphatic carbocycles. The van der Waals surface area contributed by atoms with Gasteiger partial charge in [0.15, 0.2) is 0 Å². The topological polar surface area (TPSA) is 46.5 Å². The highest BCUT2D eigenvalue weighted by Gasteiger charge is 2.37. The third kappa shape index (κ3) is 1.90. The Hall–Kier alpha value is -1.51. The predicted octanol–water partition coefficient (Wildman–Crippen LogP) is 2.47. The molecule has 3 heteroatoms. The minimum atomic E-state index is -0.815. The van der Waals surface area contributed by atoms with Crippen LogP contribution in [0.5, 0.6) is 5.75 Å². The van der Waals surface area contributed by atoms with Gasteiger partial charge < -0.3 is 9.84 Å². The molecule has 0 fully saturated rings. The highest BCUT2D eigenvalue weighted by atomic mass is 16.5. The van der Waals surface area contributed by atoms with Gasteiger partial charge in [-0.3, -0.25) is 4.79 Å². The highest BCUT2D eigenvalue weighted by molar-refractivity contribution is 5.68.